The highest BCUT2D eigenvalue weighted by atomic mass is 35.5. The number of piperidine rings is 1. The van der Waals surface area contributed by atoms with Crippen molar-refractivity contribution in [2.45, 2.75) is 25.8 Å². The highest BCUT2D eigenvalue weighted by Crippen LogP contribution is 2.22. The normalized spacial score (nSPS) is 15.0. The molecule has 1 aromatic heterocycles. The predicted molar refractivity (Wildman–Crippen MR) is 99.9 cm³/mol. The topological polar surface area (TPSA) is 67.2 Å². The number of nitrogens with one attached hydrogen (secondary N) is 1. The Morgan fingerprint density at radius 1 is 1.23 bits per heavy atom. The van der Waals surface area contributed by atoms with Gasteiger partial charge >= 0.3 is 0 Å². The first kappa shape index (κ1) is 18.5. The van der Waals surface area contributed by atoms with Gasteiger partial charge in [0.2, 0.25) is 5.91 Å². The lowest BCUT2D eigenvalue weighted by Crippen LogP contribution is -2.43. The van der Waals surface area contributed by atoms with Crippen LogP contribution in [0.5, 0.6) is 0 Å². The number of benzene rings is 1. The van der Waals surface area contributed by atoms with E-state index in [1.54, 1.807) is 29.6 Å². The summed E-state index contributed by atoms with van der Waals surface area (Å²) < 4.78 is 1.99. The molecule has 0 saturated carbocycles. The number of aromatic nitrogens is 2. The summed E-state index contributed by atoms with van der Waals surface area (Å²) in [5.41, 5.74) is 0.525. The SMILES string of the molecule is O=C(NCCCn1ccnc1)C1CCN(C(=O)c2ccccc2Cl)CC1. The molecule has 2 amide bonds. The van der Waals surface area contributed by atoms with Crippen LogP contribution in [0.3, 0.4) is 0 Å². The van der Waals surface area contributed by atoms with Crippen molar-refractivity contribution in [3.63, 3.8) is 0 Å². The minimum Gasteiger partial charge on any atom is -0.356 e. The van der Waals surface area contributed by atoms with E-state index in [9.17, 15) is 9.59 Å². The molecule has 6 nitrogen and oxygen atoms in total. The summed E-state index contributed by atoms with van der Waals surface area (Å²) in [5, 5.41) is 3.47. The van der Waals surface area contributed by atoms with E-state index < -0.39 is 0 Å². The van der Waals surface area contributed by atoms with Crippen LogP contribution in [-0.2, 0) is 11.3 Å². The molecule has 1 aromatic carbocycles. The standard InChI is InChI=1S/C19H23ClN4O2/c20-17-5-2-1-4-16(17)19(26)24-11-6-15(7-12-24)18(25)22-8-3-10-23-13-9-21-14-23/h1-2,4-5,9,13-15H,3,6-8,10-12H2,(H,22,25). The summed E-state index contributed by atoms with van der Waals surface area (Å²) in [7, 11) is 0. The number of aryl methyl sites for hydroxylation is 1. The number of imidazole rings is 1. The number of hydrogen-bond acceptors (Lipinski definition) is 3. The average Bonchev–Trinajstić information content (AvgIpc) is 3.18. The summed E-state index contributed by atoms with van der Waals surface area (Å²) in [4.78, 5) is 30.6. The Kier molecular flexibility index (Phi) is 6.28. The van der Waals surface area contributed by atoms with Gasteiger partial charge in [0.15, 0.2) is 0 Å². The maximum Gasteiger partial charge on any atom is 0.255 e. The molecule has 3 rings (SSSR count). The number of amides is 2. The fourth-order valence-corrected chi connectivity index (χ4v) is 3.40. The van der Waals surface area contributed by atoms with Crippen molar-refractivity contribution in [3.05, 3.63) is 53.6 Å². The second-order valence-corrected chi connectivity index (χ2v) is 6.90. The fourth-order valence-electron chi connectivity index (χ4n) is 3.19. The lowest BCUT2D eigenvalue weighted by molar-refractivity contribution is -0.126. The fraction of sp³-hybridized carbons (Fsp3) is 0.421. The average molecular weight is 375 g/mol. The van der Waals surface area contributed by atoms with Crippen molar-refractivity contribution in [3.8, 4) is 0 Å². The van der Waals surface area contributed by atoms with Gasteiger partial charge < -0.3 is 14.8 Å². The molecule has 0 radical (unpaired) electrons. The molecule has 0 atom stereocenters. The molecule has 1 aliphatic rings. The molecule has 2 aromatic rings. The zero-order chi connectivity index (χ0) is 18.4. The van der Waals surface area contributed by atoms with Crippen LogP contribution in [0.25, 0.3) is 0 Å². The van der Waals surface area contributed by atoms with Gasteiger partial charge in [-0.25, -0.2) is 4.98 Å². The van der Waals surface area contributed by atoms with Crippen LogP contribution >= 0.6 is 11.6 Å². The van der Waals surface area contributed by atoms with E-state index in [1.165, 1.54) is 0 Å². The number of halogens is 1. The van der Waals surface area contributed by atoms with Gasteiger partial charge in [-0.15, -0.1) is 0 Å². The molecule has 2 heterocycles. The highest BCUT2D eigenvalue weighted by molar-refractivity contribution is 6.33. The van der Waals surface area contributed by atoms with Crippen LogP contribution in [-0.4, -0.2) is 45.9 Å². The van der Waals surface area contributed by atoms with Crippen molar-refractivity contribution < 1.29 is 9.59 Å². The molecule has 26 heavy (non-hydrogen) atoms. The minimum atomic E-state index is -0.0604. The second-order valence-electron chi connectivity index (χ2n) is 6.49. The monoisotopic (exact) mass is 374 g/mol. The summed E-state index contributed by atoms with van der Waals surface area (Å²) in [6, 6.07) is 7.08. The Morgan fingerprint density at radius 3 is 2.69 bits per heavy atom. The molecule has 1 saturated heterocycles. The number of carbonyl (C=O) groups is 2. The smallest absolute Gasteiger partial charge is 0.255 e. The van der Waals surface area contributed by atoms with Gasteiger partial charge in [0.05, 0.1) is 16.9 Å². The third-order valence-electron chi connectivity index (χ3n) is 4.71. The second kappa shape index (κ2) is 8.85. The molecular formula is C19H23ClN4O2. The largest absolute Gasteiger partial charge is 0.356 e. The molecule has 0 spiro atoms. The van der Waals surface area contributed by atoms with E-state index in [1.807, 2.05) is 22.9 Å². The van der Waals surface area contributed by atoms with Crippen LogP contribution < -0.4 is 5.32 Å². The van der Waals surface area contributed by atoms with E-state index in [-0.39, 0.29) is 17.7 Å². The van der Waals surface area contributed by atoms with Gasteiger partial charge in [0, 0.05) is 44.5 Å². The number of nitrogens with zero attached hydrogens (tertiary/aromatic N) is 3. The van der Waals surface area contributed by atoms with Gasteiger partial charge in [0.1, 0.15) is 0 Å². The predicted octanol–water partition coefficient (Wildman–Crippen LogP) is 2.60. The molecule has 1 N–H and O–H groups in total. The van der Waals surface area contributed by atoms with Crippen molar-refractivity contribution in [1.29, 1.82) is 0 Å². The lowest BCUT2D eigenvalue weighted by Gasteiger charge is -2.31. The quantitative estimate of drug-likeness (QED) is 0.790. The van der Waals surface area contributed by atoms with E-state index in [0.717, 1.165) is 13.0 Å². The van der Waals surface area contributed by atoms with Crippen molar-refractivity contribution in [2.75, 3.05) is 19.6 Å². The van der Waals surface area contributed by atoms with E-state index in [0.29, 0.717) is 43.1 Å². The molecule has 138 valence electrons. The summed E-state index contributed by atoms with van der Waals surface area (Å²) in [6.45, 7) is 2.65. The molecule has 0 bridgehead atoms. The lowest BCUT2D eigenvalue weighted by atomic mass is 9.95. The first-order chi connectivity index (χ1) is 12.6. The molecule has 0 aliphatic carbocycles. The minimum absolute atomic E-state index is 0.0291. The van der Waals surface area contributed by atoms with Gasteiger partial charge in [-0.3, -0.25) is 9.59 Å². The zero-order valence-corrected chi connectivity index (χ0v) is 15.4. The Labute approximate surface area is 158 Å². The first-order valence-corrected chi connectivity index (χ1v) is 9.30. The molecule has 0 unspecified atom stereocenters. The van der Waals surface area contributed by atoms with Gasteiger partial charge in [0.25, 0.3) is 5.91 Å². The number of hydrogen-bond donors (Lipinski definition) is 1. The highest BCUT2D eigenvalue weighted by Gasteiger charge is 2.28. The maximum atomic E-state index is 12.6. The zero-order valence-electron chi connectivity index (χ0n) is 14.6. The summed E-state index contributed by atoms with van der Waals surface area (Å²) in [6.07, 6.45) is 7.66. The van der Waals surface area contributed by atoms with Crippen molar-refractivity contribution in [1.82, 2.24) is 19.8 Å². The van der Waals surface area contributed by atoms with E-state index in [2.05, 4.69) is 10.3 Å². The van der Waals surface area contributed by atoms with Crippen molar-refractivity contribution in [2.24, 2.45) is 5.92 Å². The van der Waals surface area contributed by atoms with Crippen LogP contribution in [0.2, 0.25) is 5.02 Å². The van der Waals surface area contributed by atoms with E-state index >= 15 is 0 Å². The Balaban J connectivity index is 1.41. The Bertz CT molecular complexity index is 740. The molecule has 7 heteroatoms. The Hall–Kier alpha value is -2.34. The first-order valence-electron chi connectivity index (χ1n) is 8.92. The third-order valence-corrected chi connectivity index (χ3v) is 5.04. The summed E-state index contributed by atoms with van der Waals surface area (Å²) >= 11 is 6.11. The van der Waals surface area contributed by atoms with Crippen LogP contribution in [0, 0.1) is 5.92 Å². The van der Waals surface area contributed by atoms with Gasteiger partial charge in [-0.05, 0) is 31.4 Å². The van der Waals surface area contributed by atoms with Gasteiger partial charge in [-0.2, -0.15) is 0 Å². The molecule has 1 aliphatic heterocycles. The number of rotatable bonds is 6. The van der Waals surface area contributed by atoms with Crippen LogP contribution in [0.1, 0.15) is 29.6 Å². The number of likely N-dealkylation sites (tertiary alicyclic amines) is 1. The van der Waals surface area contributed by atoms with Crippen molar-refractivity contribution >= 4 is 23.4 Å². The molecule has 1 fully saturated rings. The van der Waals surface area contributed by atoms with Gasteiger partial charge in [-0.1, -0.05) is 23.7 Å². The summed E-state index contributed by atoms with van der Waals surface area (Å²) in [5.74, 6) is -0.00574. The van der Waals surface area contributed by atoms with Crippen LogP contribution in [0.15, 0.2) is 43.0 Å². The van der Waals surface area contributed by atoms with E-state index in [4.69, 9.17) is 11.6 Å². The van der Waals surface area contributed by atoms with Crippen LogP contribution in [0.4, 0.5) is 0 Å². The third kappa shape index (κ3) is 4.64. The number of carbonyl (C=O) groups excluding carboxylic acids is 2. The Morgan fingerprint density at radius 2 is 2.00 bits per heavy atom. The molecular weight excluding hydrogens is 352 g/mol. The maximum absolute atomic E-state index is 12.6.